The van der Waals surface area contributed by atoms with Gasteiger partial charge < -0.3 is 5.73 Å². The summed E-state index contributed by atoms with van der Waals surface area (Å²) in [6.07, 6.45) is 5.01. The van der Waals surface area contributed by atoms with Crippen molar-refractivity contribution in [3.63, 3.8) is 0 Å². The van der Waals surface area contributed by atoms with Gasteiger partial charge in [-0.15, -0.1) is 0 Å². The third-order valence-electron chi connectivity index (χ3n) is 2.84. The van der Waals surface area contributed by atoms with Gasteiger partial charge in [0.2, 0.25) is 10.0 Å². The van der Waals surface area contributed by atoms with E-state index >= 15 is 0 Å². The van der Waals surface area contributed by atoms with Gasteiger partial charge >= 0.3 is 0 Å². The number of nitrogens with two attached hydrogens (primary N) is 1. The highest BCUT2D eigenvalue weighted by atomic mass is 35.5. The highest BCUT2D eigenvalue weighted by Crippen LogP contribution is 2.22. The summed E-state index contributed by atoms with van der Waals surface area (Å²) in [7, 11) is -3.56. The summed E-state index contributed by atoms with van der Waals surface area (Å²) in [5.74, 6) is 1.11. The zero-order valence-corrected chi connectivity index (χ0v) is 14.0. The molecule has 4 nitrogen and oxygen atoms in total. The molecule has 0 spiro atoms. The molecule has 0 atom stereocenters. The molecular weight excluding hydrogens is 316 g/mol. The van der Waals surface area contributed by atoms with Crippen LogP contribution in [-0.2, 0) is 16.6 Å². The Morgan fingerprint density at radius 2 is 2.05 bits per heavy atom. The fourth-order valence-electron chi connectivity index (χ4n) is 1.71. The fourth-order valence-corrected chi connectivity index (χ4v) is 3.83. The number of thioether (sulfide) groups is 1. The van der Waals surface area contributed by atoms with Crippen LogP contribution in [0.5, 0.6) is 0 Å². The van der Waals surface area contributed by atoms with E-state index < -0.39 is 10.0 Å². The average molecular weight is 337 g/mol. The van der Waals surface area contributed by atoms with E-state index in [0.29, 0.717) is 6.54 Å². The van der Waals surface area contributed by atoms with Crippen LogP contribution in [-0.4, -0.2) is 27.0 Å². The second kappa shape index (κ2) is 8.89. The van der Waals surface area contributed by atoms with Crippen LogP contribution in [0.15, 0.2) is 23.1 Å². The zero-order valence-electron chi connectivity index (χ0n) is 11.6. The van der Waals surface area contributed by atoms with Crippen LogP contribution in [0.4, 0.5) is 0 Å². The van der Waals surface area contributed by atoms with Gasteiger partial charge in [-0.25, -0.2) is 13.1 Å². The van der Waals surface area contributed by atoms with Crippen LogP contribution in [0.25, 0.3) is 0 Å². The first kappa shape index (κ1) is 17.8. The maximum atomic E-state index is 12.2. The average Bonchev–Trinajstić information content (AvgIpc) is 2.43. The maximum Gasteiger partial charge on any atom is 0.242 e. The molecule has 3 N–H and O–H groups in total. The van der Waals surface area contributed by atoms with Gasteiger partial charge in [0, 0.05) is 13.1 Å². The Labute approximate surface area is 130 Å². The molecule has 0 saturated heterocycles. The number of nitrogens with one attached hydrogen (secondary N) is 1. The lowest BCUT2D eigenvalue weighted by atomic mass is 10.2. The highest BCUT2D eigenvalue weighted by molar-refractivity contribution is 7.98. The molecule has 0 aliphatic rings. The van der Waals surface area contributed by atoms with Crippen LogP contribution in [0.1, 0.15) is 24.8 Å². The van der Waals surface area contributed by atoms with Gasteiger partial charge in [-0.2, -0.15) is 11.8 Å². The molecule has 114 valence electrons. The van der Waals surface area contributed by atoms with Gasteiger partial charge in [0.05, 0.1) is 5.02 Å². The minimum Gasteiger partial charge on any atom is -0.326 e. The Balaban J connectivity index is 2.60. The van der Waals surface area contributed by atoms with E-state index in [4.69, 9.17) is 17.3 Å². The molecule has 0 amide bonds. The first-order valence-electron chi connectivity index (χ1n) is 6.48. The van der Waals surface area contributed by atoms with Crippen molar-refractivity contribution in [2.75, 3.05) is 18.6 Å². The molecule has 20 heavy (non-hydrogen) atoms. The molecule has 0 saturated carbocycles. The van der Waals surface area contributed by atoms with E-state index in [2.05, 4.69) is 11.0 Å². The van der Waals surface area contributed by atoms with E-state index in [0.717, 1.165) is 30.6 Å². The van der Waals surface area contributed by atoms with Crippen molar-refractivity contribution in [3.8, 4) is 0 Å². The minimum absolute atomic E-state index is 0.103. The maximum absolute atomic E-state index is 12.2. The number of sulfonamides is 1. The number of rotatable bonds is 9. The summed E-state index contributed by atoms with van der Waals surface area (Å²) in [4.78, 5) is 0.103. The van der Waals surface area contributed by atoms with Gasteiger partial charge in [0.1, 0.15) is 4.90 Å². The van der Waals surface area contributed by atoms with Crippen molar-refractivity contribution in [2.24, 2.45) is 5.73 Å². The molecule has 1 rings (SSSR count). The monoisotopic (exact) mass is 336 g/mol. The van der Waals surface area contributed by atoms with Gasteiger partial charge in [0.25, 0.3) is 0 Å². The van der Waals surface area contributed by atoms with Crippen molar-refractivity contribution in [1.82, 2.24) is 4.72 Å². The Morgan fingerprint density at radius 1 is 1.30 bits per heavy atom. The Morgan fingerprint density at radius 3 is 2.70 bits per heavy atom. The van der Waals surface area contributed by atoms with Gasteiger partial charge in [-0.1, -0.05) is 24.1 Å². The molecule has 0 fully saturated rings. The molecule has 0 aromatic heterocycles. The molecule has 0 bridgehead atoms. The lowest BCUT2D eigenvalue weighted by Gasteiger charge is -2.09. The number of hydrogen-bond donors (Lipinski definition) is 2. The van der Waals surface area contributed by atoms with Crippen molar-refractivity contribution >= 4 is 33.4 Å². The van der Waals surface area contributed by atoms with Crippen LogP contribution in [0.2, 0.25) is 5.02 Å². The SMILES string of the molecule is CSCCCCCNS(=O)(=O)c1cc(CN)ccc1Cl. The fraction of sp³-hybridized carbons (Fsp3) is 0.538. The summed E-state index contributed by atoms with van der Waals surface area (Å²) in [5, 5.41) is 0.220. The molecule has 1 aromatic carbocycles. The van der Waals surface area contributed by atoms with Crippen molar-refractivity contribution < 1.29 is 8.42 Å². The predicted octanol–water partition coefficient (Wildman–Crippen LogP) is 2.61. The van der Waals surface area contributed by atoms with E-state index in [1.807, 2.05) is 0 Å². The lowest BCUT2D eigenvalue weighted by molar-refractivity contribution is 0.576. The quantitative estimate of drug-likeness (QED) is 0.680. The standard InChI is InChI=1S/C13H21ClN2O2S2/c1-19-8-4-2-3-7-16-20(17,18)13-9-11(10-15)5-6-12(13)14/h5-6,9,16H,2-4,7-8,10,15H2,1H3. The van der Waals surface area contributed by atoms with Crippen LogP contribution < -0.4 is 10.5 Å². The number of hydrogen-bond acceptors (Lipinski definition) is 4. The van der Waals surface area contributed by atoms with E-state index in [-0.39, 0.29) is 16.5 Å². The second-order valence-electron chi connectivity index (χ2n) is 4.42. The third-order valence-corrected chi connectivity index (χ3v) is 5.48. The van der Waals surface area contributed by atoms with E-state index in [1.54, 1.807) is 23.9 Å². The smallest absolute Gasteiger partial charge is 0.242 e. The normalized spacial score (nSPS) is 11.8. The Bertz CT molecular complexity index is 521. The summed E-state index contributed by atoms with van der Waals surface area (Å²) in [6.45, 7) is 0.717. The first-order chi connectivity index (χ1) is 9.51. The van der Waals surface area contributed by atoms with Gasteiger partial charge in [-0.3, -0.25) is 0 Å². The number of halogens is 1. The molecule has 0 aliphatic heterocycles. The molecule has 0 aliphatic carbocycles. The molecule has 0 radical (unpaired) electrons. The van der Waals surface area contributed by atoms with Crippen LogP contribution in [0, 0.1) is 0 Å². The largest absolute Gasteiger partial charge is 0.326 e. The molecule has 0 unspecified atom stereocenters. The van der Waals surface area contributed by atoms with Gasteiger partial charge in [-0.05, 0) is 42.5 Å². The Hall–Kier alpha value is -0.270. The summed E-state index contributed by atoms with van der Waals surface area (Å²) < 4.78 is 26.9. The lowest BCUT2D eigenvalue weighted by Crippen LogP contribution is -2.25. The van der Waals surface area contributed by atoms with Crippen molar-refractivity contribution in [1.29, 1.82) is 0 Å². The molecular formula is C13H21ClN2O2S2. The van der Waals surface area contributed by atoms with E-state index in [1.165, 1.54) is 6.07 Å². The van der Waals surface area contributed by atoms with E-state index in [9.17, 15) is 8.42 Å². The van der Waals surface area contributed by atoms with Gasteiger partial charge in [0.15, 0.2) is 0 Å². The Kier molecular flexibility index (Phi) is 7.91. The summed E-state index contributed by atoms with van der Waals surface area (Å²) in [6, 6.07) is 4.82. The highest BCUT2D eigenvalue weighted by Gasteiger charge is 2.17. The molecule has 7 heteroatoms. The number of unbranched alkanes of at least 4 members (excludes halogenated alkanes) is 2. The van der Waals surface area contributed by atoms with Crippen molar-refractivity contribution in [2.45, 2.75) is 30.7 Å². The minimum atomic E-state index is -3.56. The van der Waals surface area contributed by atoms with Crippen LogP contribution >= 0.6 is 23.4 Å². The molecule has 1 aromatic rings. The third kappa shape index (κ3) is 5.61. The number of benzene rings is 1. The predicted molar refractivity (Wildman–Crippen MR) is 86.8 cm³/mol. The zero-order chi connectivity index (χ0) is 15.0. The van der Waals surface area contributed by atoms with Crippen LogP contribution in [0.3, 0.4) is 0 Å². The second-order valence-corrected chi connectivity index (χ2v) is 7.55. The summed E-state index contributed by atoms with van der Waals surface area (Å²) in [5.41, 5.74) is 6.27. The topological polar surface area (TPSA) is 72.2 Å². The van der Waals surface area contributed by atoms with Crippen molar-refractivity contribution in [3.05, 3.63) is 28.8 Å². The first-order valence-corrected chi connectivity index (χ1v) is 9.74. The summed E-state index contributed by atoms with van der Waals surface area (Å²) >= 11 is 7.76. The molecule has 0 heterocycles.